The maximum absolute atomic E-state index is 12.3. The van der Waals surface area contributed by atoms with Crippen molar-refractivity contribution in [3.8, 4) is 0 Å². The Morgan fingerprint density at radius 1 is 1.20 bits per heavy atom. The number of esters is 1. The van der Waals surface area contributed by atoms with Crippen LogP contribution in [-0.4, -0.2) is 50.2 Å². The molecule has 0 atom stereocenters. The molecule has 0 spiro atoms. The van der Waals surface area contributed by atoms with Crippen LogP contribution >= 0.6 is 11.6 Å². The highest BCUT2D eigenvalue weighted by molar-refractivity contribution is 7.89. The number of ether oxygens (including phenoxy) is 1. The monoisotopic (exact) mass is 455 g/mol. The summed E-state index contributed by atoms with van der Waals surface area (Å²) in [5.74, 6) is -1.74. The number of aryl methyl sites for hydroxylation is 1. The van der Waals surface area contributed by atoms with E-state index in [2.05, 4.69) is 5.32 Å². The second-order valence-corrected chi connectivity index (χ2v) is 8.87. The third-order valence-corrected chi connectivity index (χ3v) is 6.10. The lowest BCUT2D eigenvalue weighted by Gasteiger charge is -2.13. The molecule has 12 heteroatoms. The SMILES string of the molecule is Cc1ccc(NC(=O)COC(=O)c2cc(S(=O)(=O)N(C)C)ccc2Cl)cc1[N+](=O)[O-]. The van der Waals surface area contributed by atoms with E-state index in [-0.39, 0.29) is 26.9 Å². The molecule has 0 aliphatic rings. The van der Waals surface area contributed by atoms with Crippen molar-refractivity contribution >= 4 is 44.9 Å². The van der Waals surface area contributed by atoms with Gasteiger partial charge in [-0.2, -0.15) is 0 Å². The van der Waals surface area contributed by atoms with Crippen molar-refractivity contribution in [2.75, 3.05) is 26.0 Å². The number of rotatable bonds is 7. The maximum Gasteiger partial charge on any atom is 0.340 e. The Morgan fingerprint density at radius 3 is 2.47 bits per heavy atom. The van der Waals surface area contributed by atoms with Crippen molar-refractivity contribution in [2.45, 2.75) is 11.8 Å². The number of carbonyl (C=O) groups is 2. The molecule has 0 aromatic heterocycles. The summed E-state index contributed by atoms with van der Waals surface area (Å²) in [6.07, 6.45) is 0. The van der Waals surface area contributed by atoms with Gasteiger partial charge < -0.3 is 10.1 Å². The van der Waals surface area contributed by atoms with Gasteiger partial charge in [0.05, 0.1) is 20.4 Å². The zero-order chi connectivity index (χ0) is 22.6. The smallest absolute Gasteiger partial charge is 0.340 e. The fourth-order valence-electron chi connectivity index (χ4n) is 2.32. The molecule has 0 aliphatic heterocycles. The molecule has 0 bridgehead atoms. The first kappa shape index (κ1) is 23.3. The first-order valence-electron chi connectivity index (χ1n) is 8.37. The van der Waals surface area contributed by atoms with Crippen LogP contribution in [0.2, 0.25) is 5.02 Å². The van der Waals surface area contributed by atoms with Gasteiger partial charge in [-0.15, -0.1) is 0 Å². The quantitative estimate of drug-likeness (QED) is 0.385. The lowest BCUT2D eigenvalue weighted by atomic mass is 10.2. The summed E-state index contributed by atoms with van der Waals surface area (Å²) >= 11 is 5.95. The number of nitro groups is 1. The summed E-state index contributed by atoms with van der Waals surface area (Å²) in [5, 5.41) is 13.3. The first-order valence-corrected chi connectivity index (χ1v) is 10.2. The predicted octanol–water partition coefficient (Wildman–Crippen LogP) is 2.60. The summed E-state index contributed by atoms with van der Waals surface area (Å²) in [6, 6.07) is 7.65. The van der Waals surface area contributed by atoms with Crippen molar-refractivity contribution < 1.29 is 27.7 Å². The van der Waals surface area contributed by atoms with Gasteiger partial charge in [-0.1, -0.05) is 17.7 Å². The molecule has 0 radical (unpaired) electrons. The molecule has 0 unspecified atom stereocenters. The molecular weight excluding hydrogens is 438 g/mol. The van der Waals surface area contributed by atoms with Gasteiger partial charge in [-0.05, 0) is 31.2 Å². The molecule has 0 fully saturated rings. The van der Waals surface area contributed by atoms with Crippen LogP contribution in [0.4, 0.5) is 11.4 Å². The van der Waals surface area contributed by atoms with E-state index < -0.39 is 33.4 Å². The fraction of sp³-hybridized carbons (Fsp3) is 0.222. The fourth-order valence-corrected chi connectivity index (χ4v) is 3.44. The second kappa shape index (κ2) is 9.20. The van der Waals surface area contributed by atoms with Crippen LogP contribution in [0.15, 0.2) is 41.3 Å². The van der Waals surface area contributed by atoms with Crippen molar-refractivity contribution in [3.63, 3.8) is 0 Å². The van der Waals surface area contributed by atoms with E-state index in [0.717, 1.165) is 10.4 Å². The van der Waals surface area contributed by atoms with Crippen LogP contribution in [0.1, 0.15) is 15.9 Å². The van der Waals surface area contributed by atoms with Gasteiger partial charge in [0.2, 0.25) is 10.0 Å². The number of sulfonamides is 1. The number of anilines is 1. The van der Waals surface area contributed by atoms with E-state index in [1.54, 1.807) is 6.92 Å². The Kier molecular flexibility index (Phi) is 7.13. The second-order valence-electron chi connectivity index (χ2n) is 6.31. The standard InChI is InChI=1S/C18H18ClN3O7S/c1-11-4-5-12(8-16(11)22(25)26)20-17(23)10-29-18(24)14-9-13(6-7-15(14)19)30(27,28)21(2)3/h4-9H,10H2,1-3H3,(H,20,23). The Balaban J connectivity index is 2.10. The van der Waals surface area contributed by atoms with Crippen molar-refractivity contribution in [3.05, 3.63) is 62.7 Å². The van der Waals surface area contributed by atoms with Crippen LogP contribution in [0.25, 0.3) is 0 Å². The largest absolute Gasteiger partial charge is 0.452 e. The minimum Gasteiger partial charge on any atom is -0.452 e. The lowest BCUT2D eigenvalue weighted by molar-refractivity contribution is -0.385. The molecule has 30 heavy (non-hydrogen) atoms. The Labute approximate surface area is 177 Å². The molecule has 160 valence electrons. The van der Waals surface area contributed by atoms with Gasteiger partial charge in [0, 0.05) is 31.4 Å². The molecular formula is C18H18ClN3O7S. The van der Waals surface area contributed by atoms with E-state index in [4.69, 9.17) is 16.3 Å². The highest BCUT2D eigenvalue weighted by Crippen LogP contribution is 2.24. The predicted molar refractivity (Wildman–Crippen MR) is 109 cm³/mol. The summed E-state index contributed by atoms with van der Waals surface area (Å²) in [7, 11) is -1.13. The minimum atomic E-state index is -3.80. The molecule has 1 N–H and O–H groups in total. The maximum atomic E-state index is 12.3. The molecule has 1 amide bonds. The molecule has 0 aliphatic carbocycles. The van der Waals surface area contributed by atoms with Gasteiger partial charge in [0.25, 0.3) is 11.6 Å². The van der Waals surface area contributed by atoms with Crippen molar-refractivity contribution in [1.82, 2.24) is 4.31 Å². The Morgan fingerprint density at radius 2 is 1.87 bits per heavy atom. The van der Waals surface area contributed by atoms with Gasteiger partial charge in [-0.3, -0.25) is 14.9 Å². The molecule has 0 saturated carbocycles. The van der Waals surface area contributed by atoms with Crippen LogP contribution in [0.3, 0.4) is 0 Å². The molecule has 0 saturated heterocycles. The molecule has 2 aromatic carbocycles. The average Bonchev–Trinajstić information content (AvgIpc) is 2.67. The van der Waals surface area contributed by atoms with Gasteiger partial charge in [0.1, 0.15) is 0 Å². The summed E-state index contributed by atoms with van der Waals surface area (Å²) < 4.78 is 30.3. The minimum absolute atomic E-state index is 0.0488. The topological polar surface area (TPSA) is 136 Å². The highest BCUT2D eigenvalue weighted by Gasteiger charge is 2.22. The molecule has 2 aromatic rings. The number of nitro benzene ring substituents is 1. The van der Waals surface area contributed by atoms with Gasteiger partial charge in [0.15, 0.2) is 6.61 Å². The van der Waals surface area contributed by atoms with Crippen LogP contribution in [-0.2, 0) is 19.6 Å². The Hall–Kier alpha value is -3.02. The Bertz CT molecular complexity index is 1120. The zero-order valence-electron chi connectivity index (χ0n) is 16.2. The van der Waals surface area contributed by atoms with Crippen LogP contribution in [0, 0.1) is 17.0 Å². The number of nitrogens with one attached hydrogen (secondary N) is 1. The molecule has 2 rings (SSSR count). The van der Waals surface area contributed by atoms with Crippen LogP contribution in [0.5, 0.6) is 0 Å². The summed E-state index contributed by atoms with van der Waals surface area (Å²) in [6.45, 7) is 0.849. The number of hydrogen-bond acceptors (Lipinski definition) is 7. The van der Waals surface area contributed by atoms with Crippen molar-refractivity contribution in [1.29, 1.82) is 0 Å². The third kappa shape index (κ3) is 5.32. The molecule has 0 heterocycles. The zero-order valence-corrected chi connectivity index (χ0v) is 17.8. The van der Waals surface area contributed by atoms with E-state index in [9.17, 15) is 28.1 Å². The van der Waals surface area contributed by atoms with Crippen molar-refractivity contribution in [2.24, 2.45) is 0 Å². The third-order valence-electron chi connectivity index (χ3n) is 3.96. The summed E-state index contributed by atoms with van der Waals surface area (Å²) in [4.78, 5) is 34.5. The number of carbonyl (C=O) groups excluding carboxylic acids is 2. The van der Waals surface area contributed by atoms with Gasteiger partial charge in [-0.25, -0.2) is 17.5 Å². The first-order chi connectivity index (χ1) is 13.9. The molecule has 10 nitrogen and oxygen atoms in total. The lowest BCUT2D eigenvalue weighted by Crippen LogP contribution is -2.23. The number of amides is 1. The number of benzene rings is 2. The summed E-state index contributed by atoms with van der Waals surface area (Å²) in [5.41, 5.74) is 0.186. The van der Waals surface area contributed by atoms with Crippen LogP contribution < -0.4 is 5.32 Å². The highest BCUT2D eigenvalue weighted by atomic mass is 35.5. The van der Waals surface area contributed by atoms with E-state index in [1.807, 2.05) is 0 Å². The number of hydrogen-bond donors (Lipinski definition) is 1. The number of halogens is 1. The van der Waals surface area contributed by atoms with E-state index in [1.165, 1.54) is 44.4 Å². The van der Waals surface area contributed by atoms with E-state index in [0.29, 0.717) is 5.56 Å². The number of nitrogens with zero attached hydrogens (tertiary/aromatic N) is 2. The van der Waals surface area contributed by atoms with Gasteiger partial charge >= 0.3 is 5.97 Å². The average molecular weight is 456 g/mol. The van der Waals surface area contributed by atoms with E-state index >= 15 is 0 Å². The normalized spacial score (nSPS) is 11.2.